The van der Waals surface area contributed by atoms with Gasteiger partial charge in [0, 0.05) is 0 Å². The van der Waals surface area contributed by atoms with Crippen LogP contribution >= 0.6 is 0 Å². The fourth-order valence-electron chi connectivity index (χ4n) is 2.92. The van der Waals surface area contributed by atoms with Gasteiger partial charge in [-0.15, -0.1) is 0 Å². The first-order valence-corrected chi connectivity index (χ1v) is 8.63. The zero-order chi connectivity index (χ0) is 21.2. The van der Waals surface area contributed by atoms with Crippen LogP contribution in [-0.2, 0) is 23.7 Å². The molecule has 0 radical (unpaired) electrons. The van der Waals surface area contributed by atoms with E-state index in [1.807, 2.05) is 0 Å². The number of esters is 1. The highest BCUT2D eigenvalue weighted by molar-refractivity contribution is 5.74. The molecule has 2 heterocycles. The smallest absolute Gasteiger partial charge is 0.322 e. The Balaban J connectivity index is 2.25. The van der Waals surface area contributed by atoms with Crippen LogP contribution < -0.4 is 5.73 Å². The molecular formula is C15H27NO12. The van der Waals surface area contributed by atoms with Crippen LogP contribution in [0.2, 0.25) is 0 Å². The lowest BCUT2D eigenvalue weighted by molar-refractivity contribution is -0.383. The Labute approximate surface area is 159 Å². The maximum absolute atomic E-state index is 11.7. The molecule has 164 valence electrons. The maximum atomic E-state index is 11.7. The van der Waals surface area contributed by atoms with Crippen molar-refractivity contribution in [2.75, 3.05) is 19.8 Å². The molecule has 2 rings (SSSR count). The Bertz CT molecular complexity index is 533. The summed E-state index contributed by atoms with van der Waals surface area (Å²) in [6, 6.07) is -1.03. The molecule has 0 aliphatic carbocycles. The molecule has 0 unspecified atom stereocenters. The van der Waals surface area contributed by atoms with Gasteiger partial charge in [-0.3, -0.25) is 4.79 Å². The Morgan fingerprint density at radius 3 is 2.14 bits per heavy atom. The molecule has 0 aromatic heterocycles. The van der Waals surface area contributed by atoms with Gasteiger partial charge in [-0.2, -0.15) is 0 Å². The quantitative estimate of drug-likeness (QED) is 0.183. The lowest BCUT2D eigenvalue weighted by atomic mass is 9.99. The first-order valence-electron chi connectivity index (χ1n) is 8.63. The first-order chi connectivity index (χ1) is 13.1. The molecular weight excluding hydrogens is 386 g/mol. The number of carbonyl (C=O) groups is 1. The summed E-state index contributed by atoms with van der Waals surface area (Å²) < 4.78 is 20.9. The van der Waals surface area contributed by atoms with Crippen molar-refractivity contribution < 1.29 is 59.5 Å². The fourth-order valence-corrected chi connectivity index (χ4v) is 2.92. The second-order valence-corrected chi connectivity index (χ2v) is 6.80. The molecule has 13 nitrogen and oxygen atoms in total. The van der Waals surface area contributed by atoms with E-state index in [0.29, 0.717) is 0 Å². The van der Waals surface area contributed by atoms with Crippen LogP contribution in [0.4, 0.5) is 0 Å². The summed E-state index contributed by atoms with van der Waals surface area (Å²) in [5, 5.41) is 68.8. The van der Waals surface area contributed by atoms with Crippen LogP contribution in [-0.4, -0.2) is 122 Å². The van der Waals surface area contributed by atoms with Gasteiger partial charge in [0.2, 0.25) is 5.79 Å². The lowest BCUT2D eigenvalue weighted by Gasteiger charge is -2.43. The van der Waals surface area contributed by atoms with Gasteiger partial charge in [0.15, 0.2) is 6.29 Å². The standard InChI is InChI=1S/C15H27NO12/c1-5(16)13(24)25-4-15(12(23)9(20)7(3-18)27-15)28-14-11(22)10(21)8(19)6(2-17)26-14/h5-12,14,17-23H,2-4,16H2,1H3/t5-,6+,7+,8+,9+,10-,11+,12-,14+,15-/m0/s1. The van der Waals surface area contributed by atoms with Crippen LogP contribution in [0.3, 0.4) is 0 Å². The van der Waals surface area contributed by atoms with Gasteiger partial charge < -0.3 is 60.4 Å². The number of nitrogens with two attached hydrogens (primary N) is 1. The van der Waals surface area contributed by atoms with Crippen LogP contribution in [0.25, 0.3) is 0 Å². The Hall–Kier alpha value is -0.970. The summed E-state index contributed by atoms with van der Waals surface area (Å²) in [5.41, 5.74) is 5.39. The summed E-state index contributed by atoms with van der Waals surface area (Å²) >= 11 is 0. The van der Waals surface area contributed by atoms with Crippen molar-refractivity contribution in [2.45, 2.75) is 67.8 Å². The molecule has 2 fully saturated rings. The SMILES string of the molecule is C[C@H](N)C(=O)OC[C@@]1(O[C@H]2O[C@H](CO)[C@@H](O)[C@H](O)[C@H]2O)O[C@H](CO)[C@@H](O)[C@@H]1O. The maximum Gasteiger partial charge on any atom is 0.322 e. The number of rotatable bonds is 7. The minimum absolute atomic E-state index is 0.723. The predicted octanol–water partition coefficient (Wildman–Crippen LogP) is -5.50. The van der Waals surface area contributed by atoms with Gasteiger partial charge >= 0.3 is 5.97 Å². The van der Waals surface area contributed by atoms with Crippen LogP contribution in [0.1, 0.15) is 6.92 Å². The molecule has 9 N–H and O–H groups in total. The Morgan fingerprint density at radius 1 is 1.04 bits per heavy atom. The fraction of sp³-hybridized carbons (Fsp3) is 0.933. The van der Waals surface area contributed by atoms with E-state index in [4.69, 9.17) is 24.7 Å². The third-order valence-electron chi connectivity index (χ3n) is 4.64. The third kappa shape index (κ3) is 4.44. The van der Waals surface area contributed by atoms with Crippen molar-refractivity contribution in [3.05, 3.63) is 0 Å². The van der Waals surface area contributed by atoms with Crippen molar-refractivity contribution in [3.63, 3.8) is 0 Å². The van der Waals surface area contributed by atoms with E-state index >= 15 is 0 Å². The zero-order valence-electron chi connectivity index (χ0n) is 15.1. The van der Waals surface area contributed by atoms with Crippen molar-refractivity contribution >= 4 is 5.97 Å². The first kappa shape index (κ1) is 23.3. The van der Waals surface area contributed by atoms with Crippen molar-refractivity contribution in [1.82, 2.24) is 0 Å². The molecule has 0 aromatic rings. The van der Waals surface area contributed by atoms with Gasteiger partial charge in [0.1, 0.15) is 55.4 Å². The molecule has 0 bridgehead atoms. The summed E-state index contributed by atoms with van der Waals surface area (Å²) in [7, 11) is 0. The van der Waals surface area contributed by atoms with Crippen LogP contribution in [0.15, 0.2) is 0 Å². The molecule has 2 aliphatic rings. The van der Waals surface area contributed by atoms with E-state index in [1.54, 1.807) is 0 Å². The number of carbonyl (C=O) groups excluding carboxylic acids is 1. The van der Waals surface area contributed by atoms with E-state index < -0.39 is 86.6 Å². The van der Waals surface area contributed by atoms with Crippen molar-refractivity contribution in [1.29, 1.82) is 0 Å². The van der Waals surface area contributed by atoms with Crippen LogP contribution in [0.5, 0.6) is 0 Å². The van der Waals surface area contributed by atoms with Gasteiger partial charge in [0.25, 0.3) is 0 Å². The second kappa shape index (κ2) is 9.23. The average Bonchev–Trinajstić information content (AvgIpc) is 2.91. The highest BCUT2D eigenvalue weighted by Crippen LogP contribution is 2.36. The van der Waals surface area contributed by atoms with E-state index in [0.717, 1.165) is 0 Å². The summed E-state index contributed by atoms with van der Waals surface area (Å²) in [6.45, 7) is -0.927. The molecule has 0 spiro atoms. The lowest BCUT2D eigenvalue weighted by Crippen LogP contribution is -2.63. The summed E-state index contributed by atoms with van der Waals surface area (Å²) in [6.07, 6.45) is -13.2. The van der Waals surface area contributed by atoms with Crippen LogP contribution in [0, 0.1) is 0 Å². The summed E-state index contributed by atoms with van der Waals surface area (Å²) in [5.74, 6) is -3.19. The molecule has 0 saturated carbocycles. The second-order valence-electron chi connectivity index (χ2n) is 6.80. The summed E-state index contributed by atoms with van der Waals surface area (Å²) in [4.78, 5) is 11.7. The molecule has 10 atom stereocenters. The van der Waals surface area contributed by atoms with Gasteiger partial charge in [-0.25, -0.2) is 0 Å². The number of hydrogen-bond acceptors (Lipinski definition) is 13. The average molecular weight is 413 g/mol. The number of aliphatic hydroxyl groups excluding tert-OH is 7. The van der Waals surface area contributed by atoms with E-state index in [9.17, 15) is 40.5 Å². The van der Waals surface area contributed by atoms with Crippen molar-refractivity contribution in [2.24, 2.45) is 5.73 Å². The minimum Gasteiger partial charge on any atom is -0.459 e. The van der Waals surface area contributed by atoms with Gasteiger partial charge in [0.05, 0.1) is 13.2 Å². The predicted molar refractivity (Wildman–Crippen MR) is 86.2 cm³/mol. The topological polar surface area (TPSA) is 222 Å². The number of ether oxygens (including phenoxy) is 4. The van der Waals surface area contributed by atoms with E-state index in [2.05, 4.69) is 0 Å². The Kier molecular flexibility index (Phi) is 7.69. The highest BCUT2D eigenvalue weighted by Gasteiger charge is 2.59. The minimum atomic E-state index is -2.30. The van der Waals surface area contributed by atoms with Gasteiger partial charge in [-0.05, 0) is 6.92 Å². The van der Waals surface area contributed by atoms with E-state index in [-0.39, 0.29) is 0 Å². The normalized spacial score (nSPS) is 45.0. The molecule has 28 heavy (non-hydrogen) atoms. The zero-order valence-corrected chi connectivity index (χ0v) is 15.1. The Morgan fingerprint density at radius 2 is 1.64 bits per heavy atom. The molecule has 0 amide bonds. The van der Waals surface area contributed by atoms with E-state index in [1.165, 1.54) is 6.92 Å². The number of hydrogen-bond donors (Lipinski definition) is 8. The molecule has 0 aromatic carbocycles. The largest absolute Gasteiger partial charge is 0.459 e. The molecule has 2 saturated heterocycles. The molecule has 2 aliphatic heterocycles. The van der Waals surface area contributed by atoms with Gasteiger partial charge in [-0.1, -0.05) is 0 Å². The highest BCUT2D eigenvalue weighted by atomic mass is 16.8. The van der Waals surface area contributed by atoms with Crippen molar-refractivity contribution in [3.8, 4) is 0 Å². The third-order valence-corrected chi connectivity index (χ3v) is 4.64. The number of aliphatic hydroxyl groups is 7. The monoisotopic (exact) mass is 413 g/mol. The molecule has 13 heteroatoms.